The van der Waals surface area contributed by atoms with E-state index in [-0.39, 0.29) is 18.4 Å². The molecule has 0 aliphatic heterocycles. The van der Waals surface area contributed by atoms with Gasteiger partial charge in [-0.15, -0.1) is 0 Å². The van der Waals surface area contributed by atoms with Crippen LogP contribution in [-0.2, 0) is 11.3 Å². The Morgan fingerprint density at radius 2 is 1.97 bits per heavy atom. The van der Waals surface area contributed by atoms with Crippen LogP contribution in [0.2, 0.25) is 0 Å². The number of nitrogens with one attached hydrogen (secondary N) is 3. The zero-order valence-electron chi connectivity index (χ0n) is 16.8. The average Bonchev–Trinajstić information content (AvgIpc) is 2.77. The van der Waals surface area contributed by atoms with Crippen molar-refractivity contribution in [2.24, 2.45) is 0 Å². The SMILES string of the molecule is C=Cc1ccc(CNC(=O)c2cccc(C)c2)c(NCC(=O)Nc2cccnc2)c1. The topological polar surface area (TPSA) is 83.1 Å². The van der Waals surface area contributed by atoms with Gasteiger partial charge in [-0.1, -0.05) is 42.5 Å². The van der Waals surface area contributed by atoms with E-state index in [0.717, 1.165) is 22.4 Å². The van der Waals surface area contributed by atoms with Crippen molar-refractivity contribution in [2.45, 2.75) is 13.5 Å². The highest BCUT2D eigenvalue weighted by molar-refractivity contribution is 5.95. The van der Waals surface area contributed by atoms with Crippen molar-refractivity contribution >= 4 is 29.3 Å². The zero-order valence-corrected chi connectivity index (χ0v) is 16.8. The molecule has 30 heavy (non-hydrogen) atoms. The maximum atomic E-state index is 12.5. The smallest absolute Gasteiger partial charge is 0.251 e. The summed E-state index contributed by atoms with van der Waals surface area (Å²) in [7, 11) is 0. The number of pyridine rings is 1. The fraction of sp³-hybridized carbons (Fsp3) is 0.125. The van der Waals surface area contributed by atoms with Crippen LogP contribution >= 0.6 is 0 Å². The van der Waals surface area contributed by atoms with Crippen molar-refractivity contribution in [2.75, 3.05) is 17.2 Å². The van der Waals surface area contributed by atoms with Crippen molar-refractivity contribution in [3.63, 3.8) is 0 Å². The number of rotatable bonds is 8. The molecule has 0 aliphatic rings. The lowest BCUT2D eigenvalue weighted by Crippen LogP contribution is -2.25. The number of carbonyl (C=O) groups excluding carboxylic acids is 2. The molecule has 0 spiro atoms. The molecule has 0 saturated heterocycles. The van der Waals surface area contributed by atoms with E-state index in [2.05, 4.69) is 27.5 Å². The number of hydrogen-bond donors (Lipinski definition) is 3. The van der Waals surface area contributed by atoms with Crippen molar-refractivity contribution in [1.82, 2.24) is 10.3 Å². The summed E-state index contributed by atoms with van der Waals surface area (Å²) in [6.07, 6.45) is 4.96. The van der Waals surface area contributed by atoms with Crippen molar-refractivity contribution in [3.05, 3.63) is 95.8 Å². The van der Waals surface area contributed by atoms with E-state index in [1.165, 1.54) is 0 Å². The van der Waals surface area contributed by atoms with Gasteiger partial charge in [0.05, 0.1) is 18.4 Å². The Bertz CT molecular complexity index is 1050. The Hall–Kier alpha value is -3.93. The fourth-order valence-corrected chi connectivity index (χ4v) is 2.92. The summed E-state index contributed by atoms with van der Waals surface area (Å²) in [5.74, 6) is -0.339. The van der Waals surface area contributed by atoms with Gasteiger partial charge in [0, 0.05) is 24.0 Å². The maximum absolute atomic E-state index is 12.5. The number of nitrogens with zero attached hydrogens (tertiary/aromatic N) is 1. The second kappa shape index (κ2) is 10.0. The Kier molecular flexibility index (Phi) is 6.95. The summed E-state index contributed by atoms with van der Waals surface area (Å²) in [5, 5.41) is 8.87. The van der Waals surface area contributed by atoms with Crippen molar-refractivity contribution in [3.8, 4) is 0 Å². The molecule has 3 rings (SSSR count). The molecule has 0 atom stereocenters. The lowest BCUT2D eigenvalue weighted by atomic mass is 10.1. The van der Waals surface area contributed by atoms with Crippen LogP contribution < -0.4 is 16.0 Å². The van der Waals surface area contributed by atoms with Crippen LogP contribution in [0.3, 0.4) is 0 Å². The van der Waals surface area contributed by atoms with E-state index in [0.29, 0.717) is 17.8 Å². The summed E-state index contributed by atoms with van der Waals surface area (Å²) >= 11 is 0. The van der Waals surface area contributed by atoms with Gasteiger partial charge in [0.15, 0.2) is 0 Å². The maximum Gasteiger partial charge on any atom is 0.251 e. The highest BCUT2D eigenvalue weighted by atomic mass is 16.2. The molecule has 2 aromatic carbocycles. The Balaban J connectivity index is 1.65. The normalized spacial score (nSPS) is 10.2. The number of benzene rings is 2. The molecule has 6 nitrogen and oxygen atoms in total. The highest BCUT2D eigenvalue weighted by Crippen LogP contribution is 2.19. The van der Waals surface area contributed by atoms with Crippen LogP contribution in [0, 0.1) is 6.92 Å². The highest BCUT2D eigenvalue weighted by Gasteiger charge is 2.10. The molecule has 6 heteroatoms. The fourth-order valence-electron chi connectivity index (χ4n) is 2.92. The molecule has 0 unspecified atom stereocenters. The monoisotopic (exact) mass is 400 g/mol. The van der Waals surface area contributed by atoms with Gasteiger partial charge in [0.1, 0.15) is 0 Å². The third kappa shape index (κ3) is 5.78. The standard InChI is InChI=1S/C24H24N4O2/c1-3-18-9-10-20(14-27-24(30)19-7-4-6-17(2)12-19)22(13-18)26-16-23(29)28-21-8-5-11-25-15-21/h3-13,15,26H,1,14,16H2,2H3,(H,27,30)(H,28,29). The molecule has 1 aromatic heterocycles. The molecule has 0 radical (unpaired) electrons. The summed E-state index contributed by atoms with van der Waals surface area (Å²) in [6.45, 7) is 6.15. The van der Waals surface area contributed by atoms with Gasteiger partial charge in [-0.2, -0.15) is 0 Å². The first kappa shape index (κ1) is 20.8. The van der Waals surface area contributed by atoms with Gasteiger partial charge in [0.25, 0.3) is 5.91 Å². The molecule has 152 valence electrons. The number of anilines is 2. The van der Waals surface area contributed by atoms with E-state index in [1.54, 1.807) is 36.7 Å². The molecule has 2 amide bonds. The Morgan fingerprint density at radius 1 is 1.10 bits per heavy atom. The van der Waals surface area contributed by atoms with Gasteiger partial charge in [-0.05, 0) is 48.4 Å². The molecule has 0 bridgehead atoms. The van der Waals surface area contributed by atoms with E-state index in [1.807, 2.05) is 43.3 Å². The van der Waals surface area contributed by atoms with Crippen LogP contribution in [-0.4, -0.2) is 23.3 Å². The second-order valence-corrected chi connectivity index (χ2v) is 6.82. The molecular weight excluding hydrogens is 376 g/mol. The first-order chi connectivity index (χ1) is 14.5. The molecule has 0 fully saturated rings. The van der Waals surface area contributed by atoms with Crippen molar-refractivity contribution < 1.29 is 9.59 Å². The first-order valence-corrected chi connectivity index (χ1v) is 9.59. The largest absolute Gasteiger partial charge is 0.376 e. The number of aromatic nitrogens is 1. The van der Waals surface area contributed by atoms with Crippen LogP contribution in [0.4, 0.5) is 11.4 Å². The minimum atomic E-state index is -0.193. The first-order valence-electron chi connectivity index (χ1n) is 9.59. The molecular formula is C24H24N4O2. The Labute approximate surface area is 176 Å². The third-order valence-electron chi connectivity index (χ3n) is 4.47. The van der Waals surface area contributed by atoms with Crippen LogP contribution in [0.5, 0.6) is 0 Å². The lowest BCUT2D eigenvalue weighted by Gasteiger charge is -2.14. The molecule has 0 aliphatic carbocycles. The summed E-state index contributed by atoms with van der Waals surface area (Å²) < 4.78 is 0. The van der Waals surface area contributed by atoms with Crippen LogP contribution in [0.1, 0.15) is 27.0 Å². The number of amides is 2. The average molecular weight is 400 g/mol. The molecule has 3 N–H and O–H groups in total. The van der Waals surface area contributed by atoms with Gasteiger partial charge in [-0.25, -0.2) is 0 Å². The second-order valence-electron chi connectivity index (χ2n) is 6.82. The summed E-state index contributed by atoms with van der Waals surface area (Å²) in [5.41, 5.74) is 4.82. The quantitative estimate of drug-likeness (QED) is 0.533. The van der Waals surface area contributed by atoms with Crippen LogP contribution in [0.15, 0.2) is 73.6 Å². The molecule has 3 aromatic rings. The molecule has 0 saturated carbocycles. The molecule has 1 heterocycles. The predicted octanol–water partition coefficient (Wildman–Crippen LogP) is 4.01. The predicted molar refractivity (Wildman–Crippen MR) is 120 cm³/mol. The van der Waals surface area contributed by atoms with Gasteiger partial charge >= 0.3 is 0 Å². The van der Waals surface area contributed by atoms with E-state index in [4.69, 9.17) is 0 Å². The van der Waals surface area contributed by atoms with E-state index in [9.17, 15) is 9.59 Å². The Morgan fingerprint density at radius 3 is 2.70 bits per heavy atom. The number of aryl methyl sites for hydroxylation is 1. The minimum absolute atomic E-state index is 0.0777. The van der Waals surface area contributed by atoms with Crippen LogP contribution in [0.25, 0.3) is 6.08 Å². The van der Waals surface area contributed by atoms with Gasteiger partial charge in [0.2, 0.25) is 5.91 Å². The third-order valence-corrected chi connectivity index (χ3v) is 4.47. The number of carbonyl (C=O) groups is 2. The lowest BCUT2D eigenvalue weighted by molar-refractivity contribution is -0.114. The zero-order chi connectivity index (χ0) is 21.3. The van der Waals surface area contributed by atoms with Gasteiger partial charge < -0.3 is 16.0 Å². The number of hydrogen-bond acceptors (Lipinski definition) is 4. The minimum Gasteiger partial charge on any atom is -0.376 e. The van der Waals surface area contributed by atoms with Crippen molar-refractivity contribution in [1.29, 1.82) is 0 Å². The van der Waals surface area contributed by atoms with E-state index < -0.39 is 0 Å². The van der Waals surface area contributed by atoms with Gasteiger partial charge in [-0.3, -0.25) is 14.6 Å². The summed E-state index contributed by atoms with van der Waals surface area (Å²) in [6, 6.07) is 16.7. The summed E-state index contributed by atoms with van der Waals surface area (Å²) in [4.78, 5) is 28.7. The van der Waals surface area contributed by atoms with E-state index >= 15 is 0 Å².